The molecule has 28 heavy (non-hydrogen) atoms. The molecular weight excluding hydrogens is 352 g/mol. The molecule has 5 heteroatoms. The molecule has 0 aromatic heterocycles. The van der Waals surface area contributed by atoms with Crippen LogP contribution in [0.3, 0.4) is 0 Å². The van der Waals surface area contributed by atoms with Gasteiger partial charge in [-0.15, -0.1) is 0 Å². The first kappa shape index (κ1) is 21.1. The minimum atomic E-state index is 0.0383. The van der Waals surface area contributed by atoms with Gasteiger partial charge in [-0.3, -0.25) is 4.79 Å². The molecule has 156 valence electrons. The molecule has 1 N–H and O–H groups in total. The number of likely N-dealkylation sites (tertiary alicyclic amines) is 1. The van der Waals surface area contributed by atoms with Crippen LogP contribution in [0.5, 0.6) is 5.75 Å². The number of ether oxygens (including phenoxy) is 2. The van der Waals surface area contributed by atoms with Crippen molar-refractivity contribution in [2.45, 2.75) is 57.9 Å². The number of rotatable bonds is 9. The van der Waals surface area contributed by atoms with E-state index < -0.39 is 0 Å². The molecule has 0 radical (unpaired) electrons. The number of hydrogen-bond acceptors (Lipinski definition) is 4. The second-order valence-electron chi connectivity index (χ2n) is 8.06. The van der Waals surface area contributed by atoms with Gasteiger partial charge in [0.2, 0.25) is 0 Å². The lowest BCUT2D eigenvalue weighted by atomic mass is 9.83. The van der Waals surface area contributed by atoms with Crippen LogP contribution in [0.15, 0.2) is 24.3 Å². The molecule has 1 saturated heterocycles. The molecule has 3 rings (SSSR count). The summed E-state index contributed by atoms with van der Waals surface area (Å²) in [5.41, 5.74) is 0.708. The summed E-state index contributed by atoms with van der Waals surface area (Å²) < 4.78 is 10.9. The van der Waals surface area contributed by atoms with Crippen molar-refractivity contribution in [3.63, 3.8) is 0 Å². The summed E-state index contributed by atoms with van der Waals surface area (Å²) in [5, 5.41) is 3.33. The third kappa shape index (κ3) is 6.49. The normalized spacial score (nSPS) is 23.3. The van der Waals surface area contributed by atoms with Crippen LogP contribution >= 0.6 is 0 Å². The van der Waals surface area contributed by atoms with Crippen molar-refractivity contribution in [3.05, 3.63) is 29.8 Å². The SMILES string of the molecule is CCOCCOc1ccc(C(=O)NC2CCCC[C@H]2CN2CCCCC2)cc1. The van der Waals surface area contributed by atoms with E-state index >= 15 is 0 Å². The van der Waals surface area contributed by atoms with E-state index in [1.807, 2.05) is 31.2 Å². The predicted octanol–water partition coefficient (Wildman–Crippen LogP) is 3.88. The van der Waals surface area contributed by atoms with E-state index in [4.69, 9.17) is 9.47 Å². The number of amides is 1. The molecule has 0 spiro atoms. The predicted molar refractivity (Wildman–Crippen MR) is 112 cm³/mol. The third-order valence-electron chi connectivity index (χ3n) is 5.98. The van der Waals surface area contributed by atoms with Crippen LogP contribution in [-0.2, 0) is 4.74 Å². The molecule has 1 heterocycles. The van der Waals surface area contributed by atoms with Gasteiger partial charge in [0.25, 0.3) is 5.91 Å². The van der Waals surface area contributed by atoms with Crippen LogP contribution in [-0.4, -0.2) is 56.3 Å². The first-order valence-corrected chi connectivity index (χ1v) is 11.1. The fraction of sp³-hybridized carbons (Fsp3) is 0.696. The third-order valence-corrected chi connectivity index (χ3v) is 5.98. The smallest absolute Gasteiger partial charge is 0.251 e. The molecule has 0 bridgehead atoms. The highest BCUT2D eigenvalue weighted by Gasteiger charge is 2.28. The van der Waals surface area contributed by atoms with Gasteiger partial charge in [-0.25, -0.2) is 0 Å². The average molecular weight is 389 g/mol. The molecule has 1 aromatic carbocycles. The summed E-state index contributed by atoms with van der Waals surface area (Å²) in [6, 6.07) is 7.74. The fourth-order valence-corrected chi connectivity index (χ4v) is 4.41. The van der Waals surface area contributed by atoms with E-state index in [1.54, 1.807) is 0 Å². The molecule has 1 amide bonds. The van der Waals surface area contributed by atoms with Crippen molar-refractivity contribution in [2.24, 2.45) is 5.92 Å². The summed E-state index contributed by atoms with van der Waals surface area (Å²) in [6.07, 6.45) is 8.85. The Labute approximate surface area is 169 Å². The second-order valence-corrected chi connectivity index (χ2v) is 8.06. The first-order chi connectivity index (χ1) is 13.8. The molecule has 2 fully saturated rings. The quantitative estimate of drug-likeness (QED) is 0.653. The van der Waals surface area contributed by atoms with Crippen LogP contribution in [0.2, 0.25) is 0 Å². The van der Waals surface area contributed by atoms with E-state index in [0.717, 1.165) is 18.7 Å². The van der Waals surface area contributed by atoms with Crippen molar-refractivity contribution in [1.29, 1.82) is 0 Å². The highest BCUT2D eigenvalue weighted by molar-refractivity contribution is 5.94. The summed E-state index contributed by atoms with van der Waals surface area (Å²) in [6.45, 7) is 7.36. The summed E-state index contributed by atoms with van der Waals surface area (Å²) in [4.78, 5) is 15.4. The molecule has 1 unspecified atom stereocenters. The van der Waals surface area contributed by atoms with E-state index in [0.29, 0.717) is 37.3 Å². The topological polar surface area (TPSA) is 50.8 Å². The van der Waals surface area contributed by atoms with Crippen LogP contribution in [0.4, 0.5) is 0 Å². The van der Waals surface area contributed by atoms with Crippen molar-refractivity contribution in [3.8, 4) is 5.75 Å². The van der Waals surface area contributed by atoms with E-state index in [-0.39, 0.29) is 5.91 Å². The zero-order valence-electron chi connectivity index (χ0n) is 17.3. The van der Waals surface area contributed by atoms with Gasteiger partial charge < -0.3 is 19.7 Å². The highest BCUT2D eigenvalue weighted by atomic mass is 16.5. The average Bonchev–Trinajstić information content (AvgIpc) is 2.74. The Kier molecular flexibility index (Phi) is 8.62. The van der Waals surface area contributed by atoms with E-state index in [9.17, 15) is 4.79 Å². The monoisotopic (exact) mass is 388 g/mol. The van der Waals surface area contributed by atoms with Crippen LogP contribution in [0.25, 0.3) is 0 Å². The van der Waals surface area contributed by atoms with Gasteiger partial charge >= 0.3 is 0 Å². The molecule has 1 saturated carbocycles. The van der Waals surface area contributed by atoms with Crippen molar-refractivity contribution >= 4 is 5.91 Å². The lowest BCUT2D eigenvalue weighted by Gasteiger charge is -2.37. The zero-order chi connectivity index (χ0) is 19.6. The maximum atomic E-state index is 12.8. The Balaban J connectivity index is 1.50. The molecular formula is C23H36N2O3. The number of piperidine rings is 1. The minimum Gasteiger partial charge on any atom is -0.491 e. The highest BCUT2D eigenvalue weighted by Crippen LogP contribution is 2.27. The van der Waals surface area contributed by atoms with E-state index in [2.05, 4.69) is 10.2 Å². The van der Waals surface area contributed by atoms with Crippen molar-refractivity contribution < 1.29 is 14.3 Å². The Morgan fingerprint density at radius 1 is 1.04 bits per heavy atom. The molecule has 2 aliphatic rings. The summed E-state index contributed by atoms with van der Waals surface area (Å²) >= 11 is 0. The maximum Gasteiger partial charge on any atom is 0.251 e. The molecule has 2 atom stereocenters. The standard InChI is InChI=1S/C23H36N2O3/c1-2-27-16-17-28-21-12-10-19(11-13-21)23(26)24-22-9-5-4-8-20(22)18-25-14-6-3-7-15-25/h10-13,20,22H,2-9,14-18H2,1H3,(H,24,26)/t20-,22?/m0/s1. The van der Waals surface area contributed by atoms with Crippen LogP contribution in [0.1, 0.15) is 62.2 Å². The van der Waals surface area contributed by atoms with Crippen molar-refractivity contribution in [2.75, 3.05) is 39.5 Å². The first-order valence-electron chi connectivity index (χ1n) is 11.1. The fourth-order valence-electron chi connectivity index (χ4n) is 4.41. The zero-order valence-corrected chi connectivity index (χ0v) is 17.3. The molecule has 1 aliphatic carbocycles. The minimum absolute atomic E-state index is 0.0383. The van der Waals surface area contributed by atoms with Crippen LogP contribution < -0.4 is 10.1 Å². The van der Waals surface area contributed by atoms with Gasteiger partial charge in [0.1, 0.15) is 12.4 Å². The van der Waals surface area contributed by atoms with Gasteiger partial charge in [0, 0.05) is 24.8 Å². The maximum absolute atomic E-state index is 12.8. The van der Waals surface area contributed by atoms with Gasteiger partial charge in [-0.1, -0.05) is 19.3 Å². The largest absolute Gasteiger partial charge is 0.491 e. The number of carbonyl (C=O) groups is 1. The second kappa shape index (κ2) is 11.4. The molecule has 1 aromatic rings. The number of hydrogen-bond donors (Lipinski definition) is 1. The lowest BCUT2D eigenvalue weighted by molar-refractivity contribution is 0.0877. The number of nitrogens with one attached hydrogen (secondary N) is 1. The van der Waals surface area contributed by atoms with Crippen molar-refractivity contribution in [1.82, 2.24) is 10.2 Å². The van der Waals surface area contributed by atoms with Crippen LogP contribution in [0, 0.1) is 5.92 Å². The molecule has 5 nitrogen and oxygen atoms in total. The van der Waals surface area contributed by atoms with Gasteiger partial charge in [0.15, 0.2) is 0 Å². The van der Waals surface area contributed by atoms with Gasteiger partial charge in [-0.05, 0) is 75.9 Å². The number of nitrogens with zero attached hydrogens (tertiary/aromatic N) is 1. The Morgan fingerprint density at radius 2 is 1.79 bits per heavy atom. The number of carbonyl (C=O) groups excluding carboxylic acids is 1. The number of benzene rings is 1. The lowest BCUT2D eigenvalue weighted by Crippen LogP contribution is -2.47. The summed E-state index contributed by atoms with van der Waals surface area (Å²) in [7, 11) is 0. The Bertz CT molecular complexity index is 584. The molecule has 1 aliphatic heterocycles. The Hall–Kier alpha value is -1.59. The summed E-state index contributed by atoms with van der Waals surface area (Å²) in [5.74, 6) is 1.39. The van der Waals surface area contributed by atoms with Gasteiger partial charge in [0.05, 0.1) is 6.61 Å². The van der Waals surface area contributed by atoms with E-state index in [1.165, 1.54) is 51.6 Å². The Morgan fingerprint density at radius 3 is 2.54 bits per heavy atom. The van der Waals surface area contributed by atoms with Gasteiger partial charge in [-0.2, -0.15) is 0 Å².